The Hall–Kier alpha value is -2.31. The number of nitriles is 1. The summed E-state index contributed by atoms with van der Waals surface area (Å²) in [4.78, 5) is 14.0. The van der Waals surface area contributed by atoms with E-state index in [1.807, 2.05) is 48.5 Å². The van der Waals surface area contributed by atoms with Crippen LogP contribution in [0.2, 0.25) is 0 Å². The Morgan fingerprint density at radius 2 is 1.71 bits per heavy atom. The third kappa shape index (κ3) is 4.08. The molecule has 4 heteroatoms. The molecule has 0 atom stereocenters. The zero-order valence-corrected chi connectivity index (χ0v) is 12.3. The number of carbonyl (C=O) groups is 1. The standard InChI is InChI=1S/C17H15ClN2O/c18-12-14-6-8-16(9-7-14)17(21)20(11-10-19)13-15-4-2-1-3-5-15/h1-9H,11-13H2. The van der Waals surface area contributed by atoms with Gasteiger partial charge >= 0.3 is 0 Å². The molecule has 0 unspecified atom stereocenters. The molecular weight excluding hydrogens is 284 g/mol. The van der Waals surface area contributed by atoms with Gasteiger partial charge in [-0.05, 0) is 23.3 Å². The van der Waals surface area contributed by atoms with Crippen LogP contribution in [0.1, 0.15) is 21.5 Å². The number of alkyl halides is 1. The Morgan fingerprint density at radius 3 is 2.29 bits per heavy atom. The molecule has 0 aliphatic rings. The van der Waals surface area contributed by atoms with Crippen LogP contribution in [0.15, 0.2) is 54.6 Å². The predicted octanol–water partition coefficient (Wildman–Crippen LogP) is 3.59. The average molecular weight is 299 g/mol. The lowest BCUT2D eigenvalue weighted by atomic mass is 10.1. The van der Waals surface area contributed by atoms with Crippen molar-refractivity contribution in [2.24, 2.45) is 0 Å². The summed E-state index contributed by atoms with van der Waals surface area (Å²) in [6.45, 7) is 0.482. The van der Waals surface area contributed by atoms with E-state index in [1.165, 1.54) is 4.90 Å². The van der Waals surface area contributed by atoms with Crippen LogP contribution in [0, 0.1) is 11.3 Å². The van der Waals surface area contributed by atoms with E-state index in [0.29, 0.717) is 18.0 Å². The molecule has 2 aromatic carbocycles. The third-order valence-electron chi connectivity index (χ3n) is 3.12. The van der Waals surface area contributed by atoms with Gasteiger partial charge in [-0.2, -0.15) is 5.26 Å². The Kier molecular flexibility index (Phi) is 5.36. The number of carbonyl (C=O) groups excluding carboxylic acids is 1. The molecule has 0 saturated carbocycles. The largest absolute Gasteiger partial charge is 0.321 e. The van der Waals surface area contributed by atoms with Gasteiger partial charge in [-0.25, -0.2) is 0 Å². The smallest absolute Gasteiger partial charge is 0.255 e. The number of benzene rings is 2. The van der Waals surface area contributed by atoms with Gasteiger partial charge in [0.25, 0.3) is 5.91 Å². The minimum Gasteiger partial charge on any atom is -0.321 e. The van der Waals surface area contributed by atoms with Gasteiger partial charge in [0.2, 0.25) is 0 Å². The molecule has 0 heterocycles. The SMILES string of the molecule is N#CCN(Cc1ccccc1)C(=O)c1ccc(CCl)cc1. The summed E-state index contributed by atoms with van der Waals surface area (Å²) < 4.78 is 0. The van der Waals surface area contributed by atoms with E-state index in [9.17, 15) is 4.79 Å². The highest BCUT2D eigenvalue weighted by atomic mass is 35.5. The molecule has 0 aromatic heterocycles. The number of nitrogens with zero attached hydrogens (tertiary/aromatic N) is 2. The van der Waals surface area contributed by atoms with Gasteiger partial charge in [0, 0.05) is 18.0 Å². The Bertz CT molecular complexity index is 632. The van der Waals surface area contributed by atoms with Gasteiger partial charge in [0.1, 0.15) is 6.54 Å². The fraction of sp³-hybridized carbons (Fsp3) is 0.176. The molecule has 0 spiro atoms. The highest BCUT2D eigenvalue weighted by Crippen LogP contribution is 2.12. The lowest BCUT2D eigenvalue weighted by molar-refractivity contribution is 0.0765. The maximum absolute atomic E-state index is 12.5. The molecule has 2 rings (SSSR count). The van der Waals surface area contributed by atoms with Gasteiger partial charge in [0.15, 0.2) is 0 Å². The van der Waals surface area contributed by atoms with E-state index in [1.54, 1.807) is 12.1 Å². The molecular formula is C17H15ClN2O. The molecule has 0 radical (unpaired) electrons. The fourth-order valence-electron chi connectivity index (χ4n) is 2.01. The number of rotatable bonds is 5. The average Bonchev–Trinajstić information content (AvgIpc) is 2.55. The van der Waals surface area contributed by atoms with Crippen molar-refractivity contribution in [3.8, 4) is 6.07 Å². The first-order chi connectivity index (χ1) is 10.2. The molecule has 0 fully saturated rings. The summed E-state index contributed by atoms with van der Waals surface area (Å²) in [6.07, 6.45) is 0. The lowest BCUT2D eigenvalue weighted by Gasteiger charge is -2.20. The van der Waals surface area contributed by atoms with Crippen molar-refractivity contribution in [3.63, 3.8) is 0 Å². The highest BCUT2D eigenvalue weighted by Gasteiger charge is 2.15. The number of hydrogen-bond acceptors (Lipinski definition) is 2. The maximum Gasteiger partial charge on any atom is 0.255 e. The minimum absolute atomic E-state index is 0.0605. The highest BCUT2D eigenvalue weighted by molar-refractivity contribution is 6.17. The van der Waals surface area contributed by atoms with E-state index in [-0.39, 0.29) is 12.5 Å². The van der Waals surface area contributed by atoms with Gasteiger partial charge in [0.05, 0.1) is 6.07 Å². The summed E-state index contributed by atoms with van der Waals surface area (Å²) in [5, 5.41) is 8.93. The topological polar surface area (TPSA) is 44.1 Å². The zero-order chi connectivity index (χ0) is 15.1. The Morgan fingerprint density at radius 1 is 1.05 bits per heavy atom. The number of halogens is 1. The van der Waals surface area contributed by atoms with Gasteiger partial charge in [-0.15, -0.1) is 11.6 Å². The number of amides is 1. The van der Waals surface area contributed by atoms with E-state index < -0.39 is 0 Å². The summed E-state index contributed by atoms with van der Waals surface area (Å²) >= 11 is 5.74. The van der Waals surface area contributed by atoms with Crippen LogP contribution >= 0.6 is 11.6 Å². The predicted molar refractivity (Wildman–Crippen MR) is 82.8 cm³/mol. The summed E-state index contributed by atoms with van der Waals surface area (Å²) in [5.41, 5.74) is 2.52. The van der Waals surface area contributed by atoms with E-state index >= 15 is 0 Å². The van der Waals surface area contributed by atoms with Crippen LogP contribution in [0.25, 0.3) is 0 Å². The van der Waals surface area contributed by atoms with Crippen molar-refractivity contribution in [1.29, 1.82) is 5.26 Å². The summed E-state index contributed by atoms with van der Waals surface area (Å²) in [6, 6.07) is 18.8. The lowest BCUT2D eigenvalue weighted by Crippen LogP contribution is -2.30. The van der Waals surface area contributed by atoms with E-state index in [0.717, 1.165) is 11.1 Å². The second kappa shape index (κ2) is 7.47. The van der Waals surface area contributed by atoms with Crippen LogP contribution in [-0.2, 0) is 12.4 Å². The summed E-state index contributed by atoms with van der Waals surface area (Å²) in [5.74, 6) is 0.266. The molecule has 0 aliphatic heterocycles. The van der Waals surface area contributed by atoms with Crippen LogP contribution < -0.4 is 0 Å². The molecule has 2 aromatic rings. The molecule has 1 amide bonds. The normalized spacial score (nSPS) is 9.90. The number of hydrogen-bond donors (Lipinski definition) is 0. The summed E-state index contributed by atoms with van der Waals surface area (Å²) in [7, 11) is 0. The Balaban J connectivity index is 2.16. The van der Waals surface area contributed by atoms with Crippen LogP contribution in [0.5, 0.6) is 0 Å². The minimum atomic E-state index is -0.151. The molecule has 0 aliphatic carbocycles. The second-order valence-electron chi connectivity index (χ2n) is 4.64. The first-order valence-corrected chi connectivity index (χ1v) is 7.13. The quantitative estimate of drug-likeness (QED) is 0.625. The van der Waals surface area contributed by atoms with Crippen LogP contribution in [-0.4, -0.2) is 17.4 Å². The molecule has 106 valence electrons. The second-order valence-corrected chi connectivity index (χ2v) is 4.90. The van der Waals surface area contributed by atoms with Crippen molar-refractivity contribution >= 4 is 17.5 Å². The van der Waals surface area contributed by atoms with E-state index in [2.05, 4.69) is 0 Å². The van der Waals surface area contributed by atoms with Crippen molar-refractivity contribution in [3.05, 3.63) is 71.3 Å². The third-order valence-corrected chi connectivity index (χ3v) is 3.43. The van der Waals surface area contributed by atoms with Gasteiger partial charge < -0.3 is 4.90 Å². The van der Waals surface area contributed by atoms with Crippen LogP contribution in [0.3, 0.4) is 0 Å². The van der Waals surface area contributed by atoms with Crippen LogP contribution in [0.4, 0.5) is 0 Å². The van der Waals surface area contributed by atoms with E-state index in [4.69, 9.17) is 16.9 Å². The van der Waals surface area contributed by atoms with Gasteiger partial charge in [-0.3, -0.25) is 4.79 Å². The Labute approximate surface area is 129 Å². The maximum atomic E-state index is 12.5. The van der Waals surface area contributed by atoms with Crippen molar-refractivity contribution in [1.82, 2.24) is 4.90 Å². The fourth-order valence-corrected chi connectivity index (χ4v) is 2.19. The van der Waals surface area contributed by atoms with Gasteiger partial charge in [-0.1, -0.05) is 42.5 Å². The first kappa shape index (κ1) is 15.1. The first-order valence-electron chi connectivity index (χ1n) is 6.59. The molecule has 0 saturated heterocycles. The van der Waals surface area contributed by atoms with Crippen molar-refractivity contribution in [2.75, 3.05) is 6.54 Å². The molecule has 0 N–H and O–H groups in total. The van der Waals surface area contributed by atoms with Crippen molar-refractivity contribution < 1.29 is 4.79 Å². The molecule has 0 bridgehead atoms. The van der Waals surface area contributed by atoms with Crippen molar-refractivity contribution in [2.45, 2.75) is 12.4 Å². The molecule has 3 nitrogen and oxygen atoms in total. The molecule has 21 heavy (non-hydrogen) atoms. The zero-order valence-electron chi connectivity index (χ0n) is 11.5. The monoisotopic (exact) mass is 298 g/mol.